The van der Waals surface area contributed by atoms with Crippen molar-refractivity contribution in [1.29, 1.82) is 5.26 Å². The van der Waals surface area contributed by atoms with Crippen molar-refractivity contribution in [3.63, 3.8) is 0 Å². The quantitative estimate of drug-likeness (QED) is 0.667. The molecule has 1 heterocycles. The molecule has 2 rings (SSSR count). The lowest BCUT2D eigenvalue weighted by Gasteiger charge is -2.14. The number of rotatable bonds is 9. The molecule has 146 valence electrons. The highest BCUT2D eigenvalue weighted by Crippen LogP contribution is 2.28. The first kappa shape index (κ1) is 20.7. The zero-order valence-corrected chi connectivity index (χ0v) is 16.7. The topological polar surface area (TPSA) is 93.2 Å². The number of hydrogen-bond donors (Lipinski definition) is 1. The summed E-state index contributed by atoms with van der Waals surface area (Å²) in [7, 11) is 1.61. The monoisotopic (exact) mass is 372 g/mol. The second-order valence-electron chi connectivity index (χ2n) is 7.40. The minimum Gasteiger partial charge on any atom is -0.493 e. The highest BCUT2D eigenvalue weighted by atomic mass is 16.5. The minimum atomic E-state index is -0.144. The molecule has 0 saturated heterocycles. The second kappa shape index (κ2) is 9.38. The Labute approximate surface area is 160 Å². The summed E-state index contributed by atoms with van der Waals surface area (Å²) in [5, 5.41) is 16.1. The van der Waals surface area contributed by atoms with Crippen LogP contribution in [0.1, 0.15) is 63.9 Å². The number of nitrogens with one attached hydrogen (secondary N) is 1. The molecule has 0 aliphatic heterocycles. The van der Waals surface area contributed by atoms with Gasteiger partial charge in [-0.2, -0.15) is 10.2 Å². The maximum Gasteiger partial charge on any atom is 0.243 e. The van der Waals surface area contributed by atoms with Gasteiger partial charge in [0.1, 0.15) is 0 Å². The first-order valence-corrected chi connectivity index (χ1v) is 9.09. The number of unbranched alkanes of at least 4 members (excludes halogenated alkanes) is 1. The van der Waals surface area contributed by atoms with Crippen molar-refractivity contribution in [3.05, 3.63) is 35.5 Å². The van der Waals surface area contributed by atoms with Crippen LogP contribution >= 0.6 is 0 Å². The Bertz CT molecular complexity index is 774. The van der Waals surface area contributed by atoms with Crippen LogP contribution in [0.15, 0.2) is 22.7 Å². The molecule has 0 spiro atoms. The molecule has 27 heavy (non-hydrogen) atoms. The third-order valence-corrected chi connectivity index (χ3v) is 4.01. The molecule has 0 aliphatic carbocycles. The van der Waals surface area contributed by atoms with E-state index in [-0.39, 0.29) is 11.5 Å². The van der Waals surface area contributed by atoms with Crippen molar-refractivity contribution in [2.24, 2.45) is 0 Å². The molecule has 0 amide bonds. The average molecular weight is 372 g/mol. The molecule has 0 radical (unpaired) electrons. The summed E-state index contributed by atoms with van der Waals surface area (Å²) >= 11 is 0. The normalized spacial score (nSPS) is 12.4. The Morgan fingerprint density at radius 3 is 2.70 bits per heavy atom. The predicted octanol–water partition coefficient (Wildman–Crippen LogP) is 3.91. The molecule has 1 atom stereocenters. The van der Waals surface area contributed by atoms with E-state index in [4.69, 9.17) is 19.3 Å². The number of nitriles is 1. The van der Waals surface area contributed by atoms with Gasteiger partial charge < -0.3 is 19.3 Å². The van der Waals surface area contributed by atoms with E-state index in [1.54, 1.807) is 7.11 Å². The average Bonchev–Trinajstić information content (AvgIpc) is 3.14. The van der Waals surface area contributed by atoms with E-state index in [9.17, 15) is 0 Å². The van der Waals surface area contributed by atoms with Crippen molar-refractivity contribution in [2.75, 3.05) is 13.7 Å². The van der Waals surface area contributed by atoms with E-state index < -0.39 is 0 Å². The molecule has 2 aromatic rings. The third-order valence-electron chi connectivity index (χ3n) is 4.01. The van der Waals surface area contributed by atoms with Crippen LogP contribution in [0.25, 0.3) is 0 Å². The Hall–Kier alpha value is -2.59. The van der Waals surface area contributed by atoms with Crippen molar-refractivity contribution in [2.45, 2.75) is 58.5 Å². The third kappa shape index (κ3) is 5.97. The molecular formula is C20H28N4O3. The standard InChI is InChI=1S/C20H28N4O3/c1-14(18-23-19(24-27-18)20(2,3)4)22-13-15-8-9-16(25-5)17(12-15)26-11-7-6-10-21/h8-9,12,14,22H,6-7,11,13H2,1-5H3. The van der Waals surface area contributed by atoms with Crippen molar-refractivity contribution >= 4 is 0 Å². The molecule has 0 bridgehead atoms. The maximum atomic E-state index is 8.61. The highest BCUT2D eigenvalue weighted by Gasteiger charge is 2.23. The van der Waals surface area contributed by atoms with E-state index >= 15 is 0 Å². The predicted molar refractivity (Wildman–Crippen MR) is 102 cm³/mol. The summed E-state index contributed by atoms with van der Waals surface area (Å²) < 4.78 is 16.5. The molecule has 1 aromatic carbocycles. The van der Waals surface area contributed by atoms with Gasteiger partial charge in [0.2, 0.25) is 5.89 Å². The van der Waals surface area contributed by atoms with Gasteiger partial charge in [-0.1, -0.05) is 32.0 Å². The lowest BCUT2D eigenvalue weighted by Crippen LogP contribution is -2.19. The van der Waals surface area contributed by atoms with E-state index in [1.807, 2.05) is 25.1 Å². The van der Waals surface area contributed by atoms with E-state index in [0.717, 1.165) is 5.56 Å². The smallest absolute Gasteiger partial charge is 0.243 e. The molecule has 1 unspecified atom stereocenters. The number of ether oxygens (including phenoxy) is 2. The van der Waals surface area contributed by atoms with Gasteiger partial charge in [-0.05, 0) is 31.0 Å². The van der Waals surface area contributed by atoms with E-state index in [0.29, 0.717) is 49.2 Å². The van der Waals surface area contributed by atoms with Crippen LogP contribution in [0.5, 0.6) is 11.5 Å². The Morgan fingerprint density at radius 1 is 1.30 bits per heavy atom. The Morgan fingerprint density at radius 2 is 2.07 bits per heavy atom. The Kier molecular flexibility index (Phi) is 7.19. The van der Waals surface area contributed by atoms with Gasteiger partial charge in [-0.3, -0.25) is 0 Å². The van der Waals surface area contributed by atoms with Gasteiger partial charge in [0.05, 0.1) is 25.8 Å². The van der Waals surface area contributed by atoms with Crippen molar-refractivity contribution < 1.29 is 14.0 Å². The maximum absolute atomic E-state index is 8.61. The highest BCUT2D eigenvalue weighted by molar-refractivity contribution is 5.43. The first-order chi connectivity index (χ1) is 12.8. The summed E-state index contributed by atoms with van der Waals surface area (Å²) in [5.74, 6) is 2.62. The fraction of sp³-hybridized carbons (Fsp3) is 0.550. The molecule has 7 nitrogen and oxygen atoms in total. The van der Waals surface area contributed by atoms with E-state index in [1.165, 1.54) is 0 Å². The van der Waals surface area contributed by atoms with Crippen LogP contribution in [0.3, 0.4) is 0 Å². The van der Waals surface area contributed by atoms with Crippen LogP contribution < -0.4 is 14.8 Å². The molecule has 1 aromatic heterocycles. The lowest BCUT2D eigenvalue weighted by atomic mass is 9.96. The largest absolute Gasteiger partial charge is 0.493 e. The SMILES string of the molecule is COc1ccc(CNC(C)c2nc(C(C)(C)C)no2)cc1OCCCC#N. The molecule has 7 heteroatoms. The molecular weight excluding hydrogens is 344 g/mol. The minimum absolute atomic E-state index is 0.0734. The summed E-state index contributed by atoms with van der Waals surface area (Å²) in [5.41, 5.74) is 0.906. The van der Waals surface area contributed by atoms with Gasteiger partial charge in [-0.15, -0.1) is 0 Å². The van der Waals surface area contributed by atoms with Gasteiger partial charge in [0, 0.05) is 18.4 Å². The van der Waals surface area contributed by atoms with Gasteiger partial charge >= 0.3 is 0 Å². The fourth-order valence-electron chi connectivity index (χ4n) is 2.35. The fourth-order valence-corrected chi connectivity index (χ4v) is 2.35. The van der Waals surface area contributed by atoms with Crippen LogP contribution in [0, 0.1) is 11.3 Å². The first-order valence-electron chi connectivity index (χ1n) is 9.09. The number of nitrogens with zero attached hydrogens (tertiary/aromatic N) is 3. The van der Waals surface area contributed by atoms with Gasteiger partial charge in [0.25, 0.3) is 0 Å². The lowest BCUT2D eigenvalue weighted by molar-refractivity contribution is 0.290. The summed E-state index contributed by atoms with van der Waals surface area (Å²) in [6.45, 7) is 9.24. The van der Waals surface area contributed by atoms with E-state index in [2.05, 4.69) is 42.3 Å². The zero-order chi connectivity index (χ0) is 19.9. The summed E-state index contributed by atoms with van der Waals surface area (Å²) in [6, 6.07) is 7.84. The molecule has 0 saturated carbocycles. The molecule has 0 aliphatic rings. The zero-order valence-electron chi connectivity index (χ0n) is 16.7. The molecule has 0 fully saturated rings. The van der Waals surface area contributed by atoms with Crippen LogP contribution in [-0.4, -0.2) is 23.9 Å². The van der Waals surface area contributed by atoms with Crippen molar-refractivity contribution in [1.82, 2.24) is 15.5 Å². The van der Waals surface area contributed by atoms with Crippen LogP contribution in [-0.2, 0) is 12.0 Å². The number of methoxy groups -OCH3 is 1. The number of benzene rings is 1. The number of aromatic nitrogens is 2. The number of hydrogen-bond acceptors (Lipinski definition) is 7. The van der Waals surface area contributed by atoms with Crippen molar-refractivity contribution in [3.8, 4) is 17.6 Å². The Balaban J connectivity index is 1.98. The van der Waals surface area contributed by atoms with Crippen LogP contribution in [0.2, 0.25) is 0 Å². The summed E-state index contributed by atoms with van der Waals surface area (Å²) in [6.07, 6.45) is 1.16. The second-order valence-corrected chi connectivity index (χ2v) is 7.40. The summed E-state index contributed by atoms with van der Waals surface area (Å²) in [4.78, 5) is 4.49. The molecule has 1 N–H and O–H groups in total. The van der Waals surface area contributed by atoms with Crippen LogP contribution in [0.4, 0.5) is 0 Å². The van der Waals surface area contributed by atoms with Gasteiger partial charge in [0.15, 0.2) is 17.3 Å². The van der Waals surface area contributed by atoms with Gasteiger partial charge in [-0.25, -0.2) is 0 Å².